The van der Waals surface area contributed by atoms with Gasteiger partial charge >= 0.3 is 12.0 Å². The van der Waals surface area contributed by atoms with Gasteiger partial charge in [0, 0.05) is 26.3 Å². The number of aliphatic carboxylic acids is 1. The number of carboxylic acids is 1. The summed E-state index contributed by atoms with van der Waals surface area (Å²) in [7, 11) is 1.59. The summed E-state index contributed by atoms with van der Waals surface area (Å²) in [6.07, 6.45) is 1.86. The fraction of sp³-hybridized carbons (Fsp3) is 0.333. The molecule has 0 fully saturated rings. The van der Waals surface area contributed by atoms with Crippen molar-refractivity contribution in [2.24, 2.45) is 5.92 Å². The highest BCUT2D eigenvalue weighted by Gasteiger charge is 2.17. The van der Waals surface area contributed by atoms with Crippen LogP contribution in [0.25, 0.3) is 10.9 Å². The summed E-state index contributed by atoms with van der Waals surface area (Å²) >= 11 is 0. The Kier molecular flexibility index (Phi) is 4.47. The molecule has 2 amide bonds. The second-order valence-corrected chi connectivity index (χ2v) is 5.14. The van der Waals surface area contributed by atoms with Gasteiger partial charge in [0.1, 0.15) is 0 Å². The van der Waals surface area contributed by atoms with Crippen molar-refractivity contribution >= 4 is 22.9 Å². The zero-order valence-corrected chi connectivity index (χ0v) is 12.1. The van der Waals surface area contributed by atoms with Gasteiger partial charge in [0.05, 0.1) is 11.4 Å². The van der Waals surface area contributed by atoms with E-state index in [0.717, 1.165) is 16.5 Å². The van der Waals surface area contributed by atoms with Crippen LogP contribution in [0.4, 0.5) is 4.79 Å². The summed E-state index contributed by atoms with van der Waals surface area (Å²) in [5.41, 5.74) is 1.99. The summed E-state index contributed by atoms with van der Waals surface area (Å²) in [5.74, 6) is -1.50. The average Bonchev–Trinajstić information content (AvgIpc) is 2.93. The van der Waals surface area contributed by atoms with Crippen molar-refractivity contribution in [1.29, 1.82) is 0 Å². The number of nitrogens with one attached hydrogen (secondary N) is 2. The summed E-state index contributed by atoms with van der Waals surface area (Å²) in [6, 6.07) is 7.57. The molecule has 1 heterocycles. The maximum Gasteiger partial charge on any atom is 0.317 e. The van der Waals surface area contributed by atoms with Crippen LogP contribution in [0.2, 0.25) is 0 Å². The zero-order valence-electron chi connectivity index (χ0n) is 12.1. The second kappa shape index (κ2) is 6.30. The third-order valence-electron chi connectivity index (χ3n) is 3.42. The number of hydrogen-bond donors (Lipinski definition) is 3. The Morgan fingerprint density at radius 3 is 2.86 bits per heavy atom. The summed E-state index contributed by atoms with van der Waals surface area (Å²) in [4.78, 5) is 27.3. The van der Waals surface area contributed by atoms with Crippen LogP contribution in [0.15, 0.2) is 30.5 Å². The lowest BCUT2D eigenvalue weighted by atomic mass is 10.1. The molecule has 0 bridgehead atoms. The maximum absolute atomic E-state index is 12.0. The molecular weight excluding hydrogens is 270 g/mol. The van der Waals surface area contributed by atoms with E-state index < -0.39 is 11.9 Å². The molecule has 1 aromatic heterocycles. The van der Waals surface area contributed by atoms with Gasteiger partial charge in [-0.1, -0.05) is 25.1 Å². The van der Waals surface area contributed by atoms with Crippen LogP contribution in [-0.4, -0.2) is 40.6 Å². The Hall–Kier alpha value is -2.50. The molecule has 6 heteroatoms. The van der Waals surface area contributed by atoms with E-state index in [0.29, 0.717) is 6.54 Å². The number of aromatic nitrogens is 1. The predicted molar refractivity (Wildman–Crippen MR) is 80.0 cm³/mol. The first-order valence-electron chi connectivity index (χ1n) is 6.75. The molecule has 1 unspecified atom stereocenters. The van der Waals surface area contributed by atoms with Crippen molar-refractivity contribution in [3.05, 3.63) is 36.0 Å². The van der Waals surface area contributed by atoms with Crippen LogP contribution in [0, 0.1) is 5.92 Å². The monoisotopic (exact) mass is 289 g/mol. The van der Waals surface area contributed by atoms with Crippen LogP contribution in [0.5, 0.6) is 0 Å². The Morgan fingerprint density at radius 1 is 1.38 bits per heavy atom. The molecule has 2 rings (SSSR count). The number of carboxylic acid groups (broad SMARTS) is 1. The number of carbonyl (C=O) groups is 2. The van der Waals surface area contributed by atoms with Crippen molar-refractivity contribution < 1.29 is 14.7 Å². The normalized spacial score (nSPS) is 12.1. The highest BCUT2D eigenvalue weighted by atomic mass is 16.4. The lowest BCUT2D eigenvalue weighted by Gasteiger charge is -2.20. The Labute approximate surface area is 122 Å². The molecule has 2 aromatic rings. The van der Waals surface area contributed by atoms with Crippen molar-refractivity contribution in [2.75, 3.05) is 13.6 Å². The lowest BCUT2D eigenvalue weighted by molar-refractivity contribution is -0.141. The number of H-pyrrole nitrogens is 1. The topological polar surface area (TPSA) is 85.4 Å². The molecule has 0 aliphatic heterocycles. The van der Waals surface area contributed by atoms with Gasteiger partial charge in [0.25, 0.3) is 0 Å². The van der Waals surface area contributed by atoms with Crippen molar-refractivity contribution in [3.8, 4) is 0 Å². The molecular formula is C15H19N3O3. The molecule has 0 radical (unpaired) electrons. The van der Waals surface area contributed by atoms with Crippen molar-refractivity contribution in [3.63, 3.8) is 0 Å². The second-order valence-electron chi connectivity index (χ2n) is 5.14. The number of para-hydroxylation sites is 1. The van der Waals surface area contributed by atoms with E-state index in [1.165, 1.54) is 4.90 Å². The van der Waals surface area contributed by atoms with Gasteiger partial charge in [-0.15, -0.1) is 0 Å². The van der Waals surface area contributed by atoms with Gasteiger partial charge in [-0.05, 0) is 17.0 Å². The Morgan fingerprint density at radius 2 is 2.14 bits per heavy atom. The van der Waals surface area contributed by atoms with Gasteiger partial charge < -0.3 is 20.3 Å². The van der Waals surface area contributed by atoms with E-state index in [2.05, 4.69) is 10.3 Å². The first-order chi connectivity index (χ1) is 9.99. The third kappa shape index (κ3) is 3.53. The van der Waals surface area contributed by atoms with Crippen LogP contribution in [0.1, 0.15) is 12.5 Å². The lowest BCUT2D eigenvalue weighted by Crippen LogP contribution is -2.40. The Balaban J connectivity index is 1.95. The third-order valence-corrected chi connectivity index (χ3v) is 3.42. The van der Waals surface area contributed by atoms with Crippen molar-refractivity contribution in [1.82, 2.24) is 15.2 Å². The van der Waals surface area contributed by atoms with Crippen LogP contribution in [-0.2, 0) is 11.3 Å². The average molecular weight is 289 g/mol. The van der Waals surface area contributed by atoms with Gasteiger partial charge in [0.2, 0.25) is 0 Å². The van der Waals surface area contributed by atoms with Crippen LogP contribution < -0.4 is 5.32 Å². The van der Waals surface area contributed by atoms with Gasteiger partial charge in [-0.25, -0.2) is 4.79 Å². The maximum atomic E-state index is 12.0. The summed E-state index contributed by atoms with van der Waals surface area (Å²) in [6.45, 7) is 2.14. The highest BCUT2D eigenvalue weighted by Crippen LogP contribution is 2.16. The molecule has 112 valence electrons. The minimum atomic E-state index is -0.911. The number of carbonyl (C=O) groups excluding carboxylic acids is 1. The molecule has 0 aliphatic rings. The molecule has 21 heavy (non-hydrogen) atoms. The minimum Gasteiger partial charge on any atom is -0.481 e. The molecule has 0 saturated heterocycles. The number of hydrogen-bond acceptors (Lipinski definition) is 2. The van der Waals surface area contributed by atoms with Crippen LogP contribution >= 0.6 is 0 Å². The number of amides is 2. The van der Waals surface area contributed by atoms with E-state index >= 15 is 0 Å². The number of urea groups is 1. The molecule has 3 N–H and O–H groups in total. The van der Waals surface area contributed by atoms with Gasteiger partial charge in [-0.3, -0.25) is 4.79 Å². The number of rotatable bonds is 5. The van der Waals surface area contributed by atoms with Gasteiger partial charge in [-0.2, -0.15) is 0 Å². The van der Waals surface area contributed by atoms with E-state index in [1.54, 1.807) is 14.0 Å². The van der Waals surface area contributed by atoms with E-state index in [-0.39, 0.29) is 12.6 Å². The molecule has 1 atom stereocenters. The highest BCUT2D eigenvalue weighted by molar-refractivity contribution is 5.83. The number of nitrogens with zero attached hydrogens (tertiary/aromatic N) is 1. The van der Waals surface area contributed by atoms with E-state index in [9.17, 15) is 9.59 Å². The minimum absolute atomic E-state index is 0.174. The van der Waals surface area contributed by atoms with Gasteiger partial charge in [0.15, 0.2) is 0 Å². The number of aromatic amines is 1. The zero-order chi connectivity index (χ0) is 15.4. The summed E-state index contributed by atoms with van der Waals surface area (Å²) in [5, 5.41) is 12.7. The number of benzene rings is 1. The van der Waals surface area contributed by atoms with E-state index in [1.807, 2.05) is 30.5 Å². The standard InChI is InChI=1S/C15H19N3O3/c1-10(14(19)20)9-18(2)15(21)17-8-12-5-3-4-11-6-7-16-13(11)12/h3-7,10,16H,8-9H2,1-2H3,(H,17,21)(H,19,20). The fourth-order valence-corrected chi connectivity index (χ4v) is 2.17. The first-order valence-corrected chi connectivity index (χ1v) is 6.75. The van der Waals surface area contributed by atoms with Crippen LogP contribution in [0.3, 0.4) is 0 Å². The quantitative estimate of drug-likeness (QED) is 0.787. The van der Waals surface area contributed by atoms with E-state index in [4.69, 9.17) is 5.11 Å². The first kappa shape index (κ1) is 14.9. The SMILES string of the molecule is CC(CN(C)C(=O)NCc1cccc2cc[nH]c12)C(=O)O. The summed E-state index contributed by atoms with van der Waals surface area (Å²) < 4.78 is 0. The molecule has 6 nitrogen and oxygen atoms in total. The Bertz CT molecular complexity index is 650. The molecule has 0 saturated carbocycles. The molecule has 1 aromatic carbocycles. The number of fused-ring (bicyclic) bond motifs is 1. The smallest absolute Gasteiger partial charge is 0.317 e. The fourth-order valence-electron chi connectivity index (χ4n) is 2.17. The van der Waals surface area contributed by atoms with Crippen molar-refractivity contribution in [2.45, 2.75) is 13.5 Å². The molecule has 0 spiro atoms. The molecule has 0 aliphatic carbocycles. The predicted octanol–water partition coefficient (Wildman–Crippen LogP) is 2.03. The largest absolute Gasteiger partial charge is 0.481 e.